The second kappa shape index (κ2) is 12.4. The Morgan fingerprint density at radius 3 is 2.35 bits per heavy atom. The molecule has 0 radical (unpaired) electrons. The predicted molar refractivity (Wildman–Crippen MR) is 191 cm³/mol. The minimum absolute atomic E-state index is 0.0177. The van der Waals surface area contributed by atoms with Gasteiger partial charge in [-0.2, -0.15) is 0 Å². The van der Waals surface area contributed by atoms with Crippen LogP contribution in [0.3, 0.4) is 0 Å². The van der Waals surface area contributed by atoms with Crippen LogP contribution < -0.4 is 0 Å². The molecule has 3 aliphatic heterocycles. The molecule has 0 aromatic rings. The van der Waals surface area contributed by atoms with Crippen LogP contribution in [0.1, 0.15) is 118 Å². The van der Waals surface area contributed by atoms with Crippen LogP contribution in [0.2, 0.25) is 0 Å². The molecular weight excluding hydrogens is 644 g/mol. The van der Waals surface area contributed by atoms with Crippen LogP contribution in [0.25, 0.3) is 0 Å². The molecule has 286 valence electrons. The van der Waals surface area contributed by atoms with Crippen molar-refractivity contribution in [2.45, 2.75) is 149 Å². The molecule has 9 aliphatic rings. The fourth-order valence-electron chi connectivity index (χ4n) is 14.9. The van der Waals surface area contributed by atoms with Crippen LogP contribution in [-0.4, -0.2) is 103 Å². The summed E-state index contributed by atoms with van der Waals surface area (Å²) in [5, 5.41) is 12.6. The van der Waals surface area contributed by atoms with E-state index in [9.17, 15) is 14.7 Å². The molecular formula is C42H66N2O7. The smallest absolute Gasteiger partial charge is 0.223 e. The van der Waals surface area contributed by atoms with Gasteiger partial charge >= 0.3 is 0 Å². The molecule has 9 fully saturated rings. The highest BCUT2D eigenvalue weighted by molar-refractivity contribution is 5.77. The Hall–Kier alpha value is -1.26. The summed E-state index contributed by atoms with van der Waals surface area (Å²) in [7, 11) is 0. The van der Waals surface area contributed by atoms with Crippen molar-refractivity contribution in [3.05, 3.63) is 0 Å². The Bertz CT molecular complexity index is 1380. The highest BCUT2D eigenvalue weighted by Crippen LogP contribution is 2.89. The first-order valence-corrected chi connectivity index (χ1v) is 21.1. The zero-order valence-corrected chi connectivity index (χ0v) is 32.2. The van der Waals surface area contributed by atoms with E-state index in [4.69, 9.17) is 18.9 Å². The zero-order chi connectivity index (χ0) is 35.6. The fraction of sp³-hybridized carbons (Fsp3) is 0.952. The van der Waals surface area contributed by atoms with Crippen molar-refractivity contribution in [2.24, 2.45) is 56.7 Å². The molecule has 0 aromatic carbocycles. The molecule has 2 amide bonds. The van der Waals surface area contributed by atoms with Gasteiger partial charge in [0.15, 0.2) is 6.29 Å². The van der Waals surface area contributed by atoms with Gasteiger partial charge in [-0.15, -0.1) is 0 Å². The van der Waals surface area contributed by atoms with E-state index in [2.05, 4.69) is 34.6 Å². The first-order chi connectivity index (χ1) is 24.3. The van der Waals surface area contributed by atoms with Crippen molar-refractivity contribution in [1.29, 1.82) is 0 Å². The second-order valence-electron chi connectivity index (χ2n) is 20.1. The monoisotopic (exact) mass is 710 g/mol. The third-order valence-corrected chi connectivity index (χ3v) is 17.7. The third kappa shape index (κ3) is 5.23. The first-order valence-electron chi connectivity index (χ1n) is 21.1. The van der Waals surface area contributed by atoms with E-state index in [1.54, 1.807) is 0 Å². The van der Waals surface area contributed by atoms with Crippen molar-refractivity contribution >= 4 is 11.8 Å². The number of aliphatic hydroxyl groups excluding tert-OH is 1. The number of aliphatic hydroxyl groups is 1. The maximum absolute atomic E-state index is 13.0. The number of carbonyl (C=O) groups is 2. The fourth-order valence-corrected chi connectivity index (χ4v) is 14.9. The molecule has 6 saturated carbocycles. The molecule has 1 N–H and O–H groups in total. The van der Waals surface area contributed by atoms with Crippen LogP contribution in [0.4, 0.5) is 0 Å². The standard InChI is InChI=1S/C42H66N2O7/c1-26-22-28(8-11-32(45)43-16-19-48-20-17-43)50-36-35(26)39(4)14-15-42-25-41(42)13-12-31(38(2,3)29(41)9-10-30(42)40(39,5)37(36)47)51-34-24-44(18-21-49-34)33(46)23-27-6-7-27/h26-31,34-37,47H,6-25H2,1-5H3/t26-,28?,29+,30?,31+,34?,35+,36?,37+,39?,40-,41?,42?/m1/s1. The zero-order valence-electron chi connectivity index (χ0n) is 32.2. The van der Waals surface area contributed by atoms with Crippen LogP contribution in [0.15, 0.2) is 0 Å². The van der Waals surface area contributed by atoms with Crippen molar-refractivity contribution in [2.75, 3.05) is 46.0 Å². The summed E-state index contributed by atoms with van der Waals surface area (Å²) in [5.41, 5.74) is 0.483. The summed E-state index contributed by atoms with van der Waals surface area (Å²) in [4.78, 5) is 29.9. The SMILES string of the molecule is C[C@@H]1CC(CCC(=O)N2CCOCC2)OC2[C@H]1C1(C)CCC34CC35CC[C@H](OC3CN(C(=O)CC6CC6)CCO3)C(C)(C)[C@@H]5CCC4[C@]1(C)[C@H]2O. The van der Waals surface area contributed by atoms with Gasteiger partial charge in [0.25, 0.3) is 0 Å². The van der Waals surface area contributed by atoms with Gasteiger partial charge in [0.1, 0.15) is 0 Å². The molecule has 0 aromatic heterocycles. The van der Waals surface area contributed by atoms with E-state index in [-0.39, 0.29) is 52.7 Å². The highest BCUT2D eigenvalue weighted by atomic mass is 16.7. The molecule has 0 bridgehead atoms. The summed E-state index contributed by atoms with van der Waals surface area (Å²) in [6, 6.07) is 0. The van der Waals surface area contributed by atoms with E-state index in [1.165, 1.54) is 51.4 Å². The number of carbonyl (C=O) groups excluding carboxylic acids is 2. The minimum atomic E-state index is -0.481. The maximum Gasteiger partial charge on any atom is 0.223 e. The molecule has 9 nitrogen and oxygen atoms in total. The maximum atomic E-state index is 13.0. The first kappa shape index (κ1) is 35.4. The second-order valence-corrected chi connectivity index (χ2v) is 20.1. The van der Waals surface area contributed by atoms with E-state index in [1.807, 2.05) is 9.80 Å². The Kier molecular flexibility index (Phi) is 8.60. The van der Waals surface area contributed by atoms with Gasteiger partial charge in [-0.1, -0.05) is 34.6 Å². The largest absolute Gasteiger partial charge is 0.390 e. The molecule has 51 heavy (non-hydrogen) atoms. The molecule has 2 spiro atoms. The van der Waals surface area contributed by atoms with Gasteiger partial charge in [-0.3, -0.25) is 9.59 Å². The lowest BCUT2D eigenvalue weighted by Crippen LogP contribution is -2.60. The quantitative estimate of drug-likeness (QED) is 0.357. The number of hydrogen-bond donors (Lipinski definition) is 1. The molecule has 9 heteroatoms. The normalized spacial score (nSPS) is 50.0. The van der Waals surface area contributed by atoms with E-state index >= 15 is 0 Å². The Morgan fingerprint density at radius 2 is 1.59 bits per heavy atom. The minimum Gasteiger partial charge on any atom is -0.390 e. The topological polar surface area (TPSA) is 97.8 Å². The van der Waals surface area contributed by atoms with Crippen molar-refractivity contribution in [3.63, 3.8) is 0 Å². The Balaban J connectivity index is 0.888. The van der Waals surface area contributed by atoms with Crippen LogP contribution >= 0.6 is 0 Å². The van der Waals surface area contributed by atoms with Crippen LogP contribution in [0, 0.1) is 56.7 Å². The lowest BCUT2D eigenvalue weighted by molar-refractivity contribution is -0.248. The number of nitrogens with zero attached hydrogens (tertiary/aromatic N) is 2. The van der Waals surface area contributed by atoms with E-state index in [0.29, 0.717) is 99.3 Å². The molecule has 7 unspecified atom stereocenters. The number of morpholine rings is 2. The number of rotatable bonds is 7. The number of amides is 2. The van der Waals surface area contributed by atoms with Gasteiger partial charge in [0.2, 0.25) is 11.8 Å². The Labute approximate surface area is 306 Å². The number of fused-ring (bicyclic) bond motifs is 4. The average molecular weight is 711 g/mol. The lowest BCUT2D eigenvalue weighted by Gasteiger charge is -2.64. The summed E-state index contributed by atoms with van der Waals surface area (Å²) < 4.78 is 25.4. The molecule has 13 atom stereocenters. The lowest BCUT2D eigenvalue weighted by atomic mass is 9.41. The van der Waals surface area contributed by atoms with Gasteiger partial charge in [-0.05, 0) is 122 Å². The Morgan fingerprint density at radius 1 is 0.863 bits per heavy atom. The molecule has 9 rings (SSSR count). The van der Waals surface area contributed by atoms with Crippen LogP contribution in [-0.2, 0) is 28.5 Å². The molecule has 3 saturated heterocycles. The van der Waals surface area contributed by atoms with E-state index < -0.39 is 6.10 Å². The van der Waals surface area contributed by atoms with Crippen LogP contribution in [0.5, 0.6) is 0 Å². The van der Waals surface area contributed by atoms with Crippen molar-refractivity contribution in [3.8, 4) is 0 Å². The summed E-state index contributed by atoms with van der Waals surface area (Å²) in [6.45, 7) is 16.7. The summed E-state index contributed by atoms with van der Waals surface area (Å²) >= 11 is 0. The number of hydrogen-bond acceptors (Lipinski definition) is 7. The van der Waals surface area contributed by atoms with E-state index in [0.717, 1.165) is 19.3 Å². The van der Waals surface area contributed by atoms with Gasteiger partial charge in [0.05, 0.1) is 50.8 Å². The summed E-state index contributed by atoms with van der Waals surface area (Å²) in [6.07, 6.45) is 12.8. The average Bonchev–Trinajstić information content (AvgIpc) is 4.04. The van der Waals surface area contributed by atoms with Gasteiger partial charge in [-0.25, -0.2) is 0 Å². The van der Waals surface area contributed by atoms with Gasteiger partial charge < -0.3 is 33.9 Å². The van der Waals surface area contributed by atoms with Crippen molar-refractivity contribution < 1.29 is 33.6 Å². The summed E-state index contributed by atoms with van der Waals surface area (Å²) in [5.74, 6) is 2.98. The third-order valence-electron chi connectivity index (χ3n) is 17.7. The predicted octanol–water partition coefficient (Wildman–Crippen LogP) is 5.81. The number of ether oxygens (including phenoxy) is 4. The van der Waals surface area contributed by atoms with Gasteiger partial charge in [0, 0.05) is 37.9 Å². The molecule has 6 aliphatic carbocycles. The highest BCUT2D eigenvalue weighted by Gasteiger charge is 2.84. The van der Waals surface area contributed by atoms with Crippen molar-refractivity contribution in [1.82, 2.24) is 9.80 Å². The molecule has 3 heterocycles.